The first-order valence-corrected chi connectivity index (χ1v) is 14.6. The van der Waals surface area contributed by atoms with Gasteiger partial charge < -0.3 is 34.1 Å². The highest BCUT2D eigenvalue weighted by Gasteiger charge is 2.32. The van der Waals surface area contributed by atoms with Gasteiger partial charge in [-0.2, -0.15) is 4.98 Å². The van der Waals surface area contributed by atoms with Crippen LogP contribution in [-0.2, 0) is 22.6 Å². The molecule has 2 aromatic carbocycles. The number of carbonyl (C=O) groups is 2. The van der Waals surface area contributed by atoms with Gasteiger partial charge >= 0.3 is 0 Å². The van der Waals surface area contributed by atoms with E-state index < -0.39 is 0 Å². The molecule has 234 valence electrons. The lowest BCUT2D eigenvalue weighted by molar-refractivity contribution is -0.132. The maximum absolute atomic E-state index is 13.5. The van der Waals surface area contributed by atoms with Gasteiger partial charge in [-0.3, -0.25) is 14.2 Å². The van der Waals surface area contributed by atoms with E-state index in [9.17, 15) is 9.59 Å². The molecule has 1 fully saturated rings. The molecule has 6 rings (SSSR count). The van der Waals surface area contributed by atoms with Gasteiger partial charge in [0, 0.05) is 56.8 Å². The van der Waals surface area contributed by atoms with E-state index >= 15 is 0 Å². The summed E-state index contributed by atoms with van der Waals surface area (Å²) >= 11 is 0. The number of carbonyl (C=O) groups excluding carboxylic acids is 2. The first kappa shape index (κ1) is 29.7. The van der Waals surface area contributed by atoms with Crippen LogP contribution in [0.4, 0.5) is 5.82 Å². The third kappa shape index (κ3) is 6.77. The molecule has 1 unspecified atom stereocenters. The molecule has 13 heteroatoms. The van der Waals surface area contributed by atoms with Gasteiger partial charge in [0.1, 0.15) is 12.1 Å². The molecule has 0 bridgehead atoms. The lowest BCUT2D eigenvalue weighted by Crippen LogP contribution is -2.56. The number of hydrogen-bond acceptors (Lipinski definition) is 10. The average Bonchev–Trinajstić information content (AvgIpc) is 3.76. The number of fused-ring (bicyclic) bond motifs is 1. The first-order chi connectivity index (χ1) is 21.9. The van der Waals surface area contributed by atoms with Crippen molar-refractivity contribution in [1.82, 2.24) is 29.7 Å². The number of ether oxygens (including phenoxy) is 4. The van der Waals surface area contributed by atoms with Crippen LogP contribution in [0.5, 0.6) is 23.0 Å². The average molecular weight is 614 g/mol. The Hall–Kier alpha value is -5.33. The molecule has 1 saturated heterocycles. The van der Waals surface area contributed by atoms with Crippen LogP contribution in [0.2, 0.25) is 0 Å². The van der Waals surface area contributed by atoms with Crippen LogP contribution in [0, 0.1) is 6.92 Å². The van der Waals surface area contributed by atoms with Crippen LogP contribution < -0.4 is 29.2 Å². The van der Waals surface area contributed by atoms with Gasteiger partial charge in [0.05, 0.1) is 26.7 Å². The molecule has 2 aromatic heterocycles. The van der Waals surface area contributed by atoms with E-state index in [0.717, 1.165) is 16.8 Å². The second-order valence-electron chi connectivity index (χ2n) is 10.9. The smallest absolute Gasteiger partial charge is 0.237 e. The Morgan fingerprint density at radius 1 is 0.978 bits per heavy atom. The number of rotatable bonds is 10. The van der Waals surface area contributed by atoms with Crippen LogP contribution in [0.1, 0.15) is 23.2 Å². The topological polar surface area (TPSA) is 133 Å². The van der Waals surface area contributed by atoms with E-state index in [-0.39, 0.29) is 37.5 Å². The molecule has 0 aliphatic carbocycles. The lowest BCUT2D eigenvalue weighted by Gasteiger charge is -2.42. The van der Waals surface area contributed by atoms with Gasteiger partial charge in [0.2, 0.25) is 24.6 Å². The van der Waals surface area contributed by atoms with Gasteiger partial charge in [-0.1, -0.05) is 12.1 Å². The summed E-state index contributed by atoms with van der Waals surface area (Å²) in [6, 6.07) is 12.6. The van der Waals surface area contributed by atoms with Crippen molar-refractivity contribution in [3.05, 3.63) is 78.0 Å². The molecule has 4 aromatic rings. The van der Waals surface area contributed by atoms with E-state index in [1.165, 1.54) is 0 Å². The molecule has 13 nitrogen and oxygen atoms in total. The minimum Gasteiger partial charge on any atom is -0.493 e. The standard InChI is InChI=1S/C32H35N7O6/c1-21-12-29(36-32(35-21)38-9-8-33-19-38)39-11-10-37(31(41)15-22-4-7-26-28(13-22)45-20-44-26)18-24(39)16-30(40)34-17-23-5-6-25(42-2)27(14-23)43-3/h4-9,12-14,19,24H,10-11,15-18,20H2,1-3H3,(H,34,40). The number of hydrogen-bond donors (Lipinski definition) is 1. The van der Waals surface area contributed by atoms with Gasteiger partial charge in [0.25, 0.3) is 0 Å². The number of piperazine rings is 1. The predicted octanol–water partition coefficient (Wildman–Crippen LogP) is 2.68. The van der Waals surface area contributed by atoms with Crippen molar-refractivity contribution in [2.75, 3.05) is 45.5 Å². The highest BCUT2D eigenvalue weighted by molar-refractivity contribution is 5.80. The van der Waals surface area contributed by atoms with Crippen LogP contribution in [0.25, 0.3) is 5.95 Å². The van der Waals surface area contributed by atoms with E-state index in [0.29, 0.717) is 60.9 Å². The summed E-state index contributed by atoms with van der Waals surface area (Å²) in [5, 5.41) is 3.02. The van der Waals surface area contributed by atoms with E-state index in [2.05, 4.69) is 20.2 Å². The summed E-state index contributed by atoms with van der Waals surface area (Å²) in [6.45, 7) is 3.74. The normalized spacial score (nSPS) is 15.6. The van der Waals surface area contributed by atoms with Crippen LogP contribution in [-0.4, -0.2) is 82.9 Å². The molecular weight excluding hydrogens is 578 g/mol. The number of anilines is 1. The molecular formula is C32H35N7O6. The van der Waals surface area contributed by atoms with Crippen molar-refractivity contribution >= 4 is 17.6 Å². The van der Waals surface area contributed by atoms with Gasteiger partial charge in [-0.15, -0.1) is 0 Å². The third-order valence-corrected chi connectivity index (χ3v) is 7.84. The Balaban J connectivity index is 1.19. The number of nitrogens with one attached hydrogen (secondary N) is 1. The van der Waals surface area contributed by atoms with Gasteiger partial charge in [-0.25, -0.2) is 9.97 Å². The zero-order chi connectivity index (χ0) is 31.3. The van der Waals surface area contributed by atoms with Crippen molar-refractivity contribution in [2.24, 2.45) is 0 Å². The fourth-order valence-electron chi connectivity index (χ4n) is 5.55. The van der Waals surface area contributed by atoms with E-state index in [1.807, 2.05) is 54.3 Å². The monoisotopic (exact) mass is 613 g/mol. The Bertz CT molecular complexity index is 1680. The number of nitrogens with zero attached hydrogens (tertiary/aromatic N) is 6. The summed E-state index contributed by atoms with van der Waals surface area (Å²) in [5.74, 6) is 3.52. The number of aryl methyl sites for hydroxylation is 1. The molecule has 0 radical (unpaired) electrons. The summed E-state index contributed by atoms with van der Waals surface area (Å²) in [7, 11) is 3.15. The molecule has 2 aliphatic heterocycles. The fourth-order valence-corrected chi connectivity index (χ4v) is 5.55. The maximum atomic E-state index is 13.5. The predicted molar refractivity (Wildman–Crippen MR) is 164 cm³/mol. The van der Waals surface area contributed by atoms with E-state index in [4.69, 9.17) is 23.9 Å². The number of benzene rings is 2. The highest BCUT2D eigenvalue weighted by atomic mass is 16.7. The van der Waals surface area contributed by atoms with Crippen molar-refractivity contribution in [1.29, 1.82) is 0 Å². The van der Waals surface area contributed by atoms with Crippen LogP contribution in [0.3, 0.4) is 0 Å². The first-order valence-electron chi connectivity index (χ1n) is 14.6. The van der Waals surface area contributed by atoms with Crippen molar-refractivity contribution < 1.29 is 28.5 Å². The number of methoxy groups -OCH3 is 2. The minimum absolute atomic E-state index is 0.0257. The van der Waals surface area contributed by atoms with Crippen LogP contribution in [0.15, 0.2) is 61.2 Å². The number of imidazole rings is 1. The molecule has 1 N–H and O–H groups in total. The second-order valence-corrected chi connectivity index (χ2v) is 10.9. The second kappa shape index (κ2) is 13.1. The Labute approximate surface area is 260 Å². The zero-order valence-corrected chi connectivity index (χ0v) is 25.4. The van der Waals surface area contributed by atoms with Crippen molar-refractivity contribution in [3.8, 4) is 28.9 Å². The molecule has 45 heavy (non-hydrogen) atoms. The summed E-state index contributed by atoms with van der Waals surface area (Å²) in [6.07, 6.45) is 5.47. The molecule has 2 aliphatic rings. The lowest BCUT2D eigenvalue weighted by atomic mass is 10.1. The van der Waals surface area contributed by atoms with Crippen LogP contribution >= 0.6 is 0 Å². The van der Waals surface area contributed by atoms with Crippen molar-refractivity contribution in [2.45, 2.75) is 32.4 Å². The van der Waals surface area contributed by atoms with Gasteiger partial charge in [-0.05, 0) is 42.3 Å². The minimum atomic E-state index is -0.324. The largest absolute Gasteiger partial charge is 0.493 e. The molecule has 0 saturated carbocycles. The molecule has 0 spiro atoms. The van der Waals surface area contributed by atoms with E-state index in [1.54, 1.807) is 37.5 Å². The Kier molecular flexibility index (Phi) is 8.67. The zero-order valence-electron chi connectivity index (χ0n) is 25.4. The Morgan fingerprint density at radius 3 is 2.60 bits per heavy atom. The van der Waals surface area contributed by atoms with Gasteiger partial charge in [0.15, 0.2) is 23.0 Å². The summed E-state index contributed by atoms with van der Waals surface area (Å²) < 4.78 is 23.4. The maximum Gasteiger partial charge on any atom is 0.237 e. The summed E-state index contributed by atoms with van der Waals surface area (Å²) in [4.78, 5) is 44.3. The molecule has 1 atom stereocenters. The third-order valence-electron chi connectivity index (χ3n) is 7.84. The highest BCUT2D eigenvalue weighted by Crippen LogP contribution is 2.33. The number of aromatic nitrogens is 4. The van der Waals surface area contributed by atoms with Crippen molar-refractivity contribution in [3.63, 3.8) is 0 Å². The fraction of sp³-hybridized carbons (Fsp3) is 0.344. The number of amides is 2. The quantitative estimate of drug-likeness (QED) is 0.285. The Morgan fingerprint density at radius 2 is 1.80 bits per heavy atom. The molecule has 2 amide bonds. The SMILES string of the molecule is COc1ccc(CNC(=O)CC2CN(C(=O)Cc3ccc4c(c3)OCO4)CCN2c2cc(C)nc(-n3ccnc3)n2)cc1OC. The summed E-state index contributed by atoms with van der Waals surface area (Å²) in [5.41, 5.74) is 2.49. The molecule has 4 heterocycles.